The van der Waals surface area contributed by atoms with Gasteiger partial charge in [0, 0.05) is 4.47 Å². The third-order valence-corrected chi connectivity index (χ3v) is 3.11. The van der Waals surface area contributed by atoms with E-state index in [2.05, 4.69) is 20.9 Å². The summed E-state index contributed by atoms with van der Waals surface area (Å²) >= 11 is 3.41. The lowest BCUT2D eigenvalue weighted by atomic mass is 10.2. The topological polar surface area (TPSA) is 35.3 Å². The van der Waals surface area contributed by atoms with Gasteiger partial charge in [-0.2, -0.15) is 4.98 Å². The van der Waals surface area contributed by atoms with Crippen molar-refractivity contribution in [2.45, 2.75) is 6.92 Å². The number of fused-ring (bicyclic) bond motifs is 1. The molecule has 0 bridgehead atoms. The number of nitrogens with zero attached hydrogens (tertiary/aromatic N) is 1. The van der Waals surface area contributed by atoms with E-state index in [1.807, 2.05) is 49.4 Å². The lowest BCUT2D eigenvalue weighted by molar-refractivity contribution is 0.341. The Hall–Kier alpha value is -1.81. The van der Waals surface area contributed by atoms with Crippen LogP contribution in [0.4, 0.5) is 0 Å². The van der Waals surface area contributed by atoms with Crippen LogP contribution < -0.4 is 4.74 Å². The van der Waals surface area contributed by atoms with Gasteiger partial charge in [0.05, 0.1) is 0 Å². The molecule has 0 aliphatic heterocycles. The highest BCUT2D eigenvalue weighted by atomic mass is 79.9. The largest absolute Gasteiger partial charge is 0.411 e. The maximum atomic E-state index is 5.67. The van der Waals surface area contributed by atoms with Gasteiger partial charge in [-0.25, -0.2) is 0 Å². The van der Waals surface area contributed by atoms with Crippen molar-refractivity contribution in [3.8, 4) is 11.8 Å². The maximum Gasteiger partial charge on any atom is 0.400 e. The third-order valence-electron chi connectivity index (χ3n) is 2.62. The molecule has 90 valence electrons. The second kappa shape index (κ2) is 4.46. The Morgan fingerprint density at radius 2 is 2.00 bits per heavy atom. The van der Waals surface area contributed by atoms with E-state index in [1.54, 1.807) is 0 Å². The van der Waals surface area contributed by atoms with Crippen LogP contribution in [0.25, 0.3) is 11.1 Å². The Kier molecular flexibility index (Phi) is 2.80. The molecule has 1 heterocycles. The number of benzene rings is 2. The van der Waals surface area contributed by atoms with Crippen molar-refractivity contribution < 1.29 is 9.15 Å². The number of aromatic nitrogens is 1. The van der Waals surface area contributed by atoms with E-state index >= 15 is 0 Å². The molecule has 2 aromatic carbocycles. The number of para-hydroxylation sites is 2. The fourth-order valence-electron chi connectivity index (χ4n) is 1.67. The second-order valence-corrected chi connectivity index (χ2v) is 4.88. The summed E-state index contributed by atoms with van der Waals surface area (Å²) in [5.41, 5.74) is 2.54. The summed E-state index contributed by atoms with van der Waals surface area (Å²) in [7, 11) is 0. The van der Waals surface area contributed by atoms with Crippen LogP contribution in [0.2, 0.25) is 0 Å². The van der Waals surface area contributed by atoms with E-state index in [9.17, 15) is 0 Å². The number of halogens is 1. The first kappa shape index (κ1) is 11.3. The van der Waals surface area contributed by atoms with Crippen LogP contribution in [-0.2, 0) is 0 Å². The van der Waals surface area contributed by atoms with E-state index in [1.165, 1.54) is 0 Å². The molecule has 4 heteroatoms. The number of hydrogen-bond donors (Lipinski definition) is 0. The first-order chi connectivity index (χ1) is 8.72. The van der Waals surface area contributed by atoms with Gasteiger partial charge in [0.1, 0.15) is 11.3 Å². The molecule has 3 rings (SSSR count). The minimum absolute atomic E-state index is 0.261. The molecule has 3 aromatic rings. The van der Waals surface area contributed by atoms with Crippen molar-refractivity contribution in [3.05, 3.63) is 52.5 Å². The second-order valence-electron chi connectivity index (χ2n) is 3.96. The fraction of sp³-hybridized carbons (Fsp3) is 0.0714. The quantitative estimate of drug-likeness (QED) is 0.689. The van der Waals surface area contributed by atoms with Gasteiger partial charge in [-0.1, -0.05) is 34.1 Å². The molecule has 0 fully saturated rings. The Balaban J connectivity index is 1.98. The molecule has 0 N–H and O–H groups in total. The van der Waals surface area contributed by atoms with Crippen molar-refractivity contribution >= 4 is 27.0 Å². The average molecular weight is 304 g/mol. The van der Waals surface area contributed by atoms with Crippen LogP contribution >= 0.6 is 15.9 Å². The van der Waals surface area contributed by atoms with Gasteiger partial charge < -0.3 is 9.15 Å². The highest BCUT2D eigenvalue weighted by molar-refractivity contribution is 9.10. The molecule has 0 atom stereocenters. The molecule has 3 nitrogen and oxygen atoms in total. The third kappa shape index (κ3) is 2.11. The van der Waals surface area contributed by atoms with Crippen LogP contribution in [-0.4, -0.2) is 4.98 Å². The predicted octanol–water partition coefficient (Wildman–Crippen LogP) is 4.69. The zero-order chi connectivity index (χ0) is 12.5. The first-order valence-electron chi connectivity index (χ1n) is 5.52. The number of aryl methyl sites for hydroxylation is 1. The molecular formula is C14H10BrNO2. The van der Waals surface area contributed by atoms with Gasteiger partial charge in [0.15, 0.2) is 5.58 Å². The Bertz CT molecular complexity index is 673. The number of hydrogen-bond acceptors (Lipinski definition) is 3. The Morgan fingerprint density at radius 1 is 1.17 bits per heavy atom. The normalized spacial score (nSPS) is 10.8. The maximum absolute atomic E-state index is 5.67. The average Bonchev–Trinajstić information content (AvgIpc) is 2.76. The van der Waals surface area contributed by atoms with Crippen molar-refractivity contribution in [1.29, 1.82) is 0 Å². The van der Waals surface area contributed by atoms with Crippen LogP contribution in [0.3, 0.4) is 0 Å². The fourth-order valence-corrected chi connectivity index (χ4v) is 2.01. The molecule has 0 saturated heterocycles. The molecule has 1 aromatic heterocycles. The molecule has 0 saturated carbocycles. The van der Waals surface area contributed by atoms with E-state index < -0.39 is 0 Å². The summed E-state index contributed by atoms with van der Waals surface area (Å²) in [4.78, 5) is 4.27. The summed E-state index contributed by atoms with van der Waals surface area (Å²) in [6.07, 6.45) is 0.261. The lowest BCUT2D eigenvalue weighted by Gasteiger charge is -2.04. The van der Waals surface area contributed by atoms with E-state index in [4.69, 9.17) is 9.15 Å². The predicted molar refractivity (Wildman–Crippen MR) is 73.0 cm³/mol. The van der Waals surface area contributed by atoms with Crippen molar-refractivity contribution in [1.82, 2.24) is 4.98 Å². The van der Waals surface area contributed by atoms with Crippen LogP contribution in [0.15, 0.2) is 51.4 Å². The zero-order valence-electron chi connectivity index (χ0n) is 9.68. The summed E-state index contributed by atoms with van der Waals surface area (Å²) in [5, 5.41) is 0. The van der Waals surface area contributed by atoms with Gasteiger partial charge >= 0.3 is 6.08 Å². The highest BCUT2D eigenvalue weighted by Crippen LogP contribution is 2.29. The van der Waals surface area contributed by atoms with Gasteiger partial charge in [-0.05, 0) is 36.8 Å². The van der Waals surface area contributed by atoms with E-state index in [0.717, 1.165) is 26.9 Å². The monoisotopic (exact) mass is 303 g/mol. The summed E-state index contributed by atoms with van der Waals surface area (Å²) < 4.78 is 12.1. The smallest absolute Gasteiger partial charge is 0.400 e. The van der Waals surface area contributed by atoms with Crippen molar-refractivity contribution in [3.63, 3.8) is 0 Å². The van der Waals surface area contributed by atoms with Gasteiger partial charge in [0.2, 0.25) is 0 Å². The van der Waals surface area contributed by atoms with E-state index in [-0.39, 0.29) is 6.08 Å². The van der Waals surface area contributed by atoms with Crippen LogP contribution in [0, 0.1) is 6.92 Å². The SMILES string of the molecule is Cc1ccc(Br)cc1Oc1nc2ccccc2o1. The minimum Gasteiger partial charge on any atom is -0.411 e. The first-order valence-corrected chi connectivity index (χ1v) is 6.31. The highest BCUT2D eigenvalue weighted by Gasteiger charge is 2.09. The molecule has 0 spiro atoms. The van der Waals surface area contributed by atoms with Gasteiger partial charge in [-0.3, -0.25) is 0 Å². The molecule has 18 heavy (non-hydrogen) atoms. The minimum atomic E-state index is 0.261. The van der Waals surface area contributed by atoms with Gasteiger partial charge in [0.25, 0.3) is 0 Å². The molecule has 0 aliphatic carbocycles. The summed E-state index contributed by atoms with van der Waals surface area (Å²) in [5.74, 6) is 0.732. The van der Waals surface area contributed by atoms with Gasteiger partial charge in [-0.15, -0.1) is 0 Å². The number of oxazole rings is 1. The van der Waals surface area contributed by atoms with Crippen LogP contribution in [0.5, 0.6) is 11.8 Å². The van der Waals surface area contributed by atoms with E-state index in [0.29, 0.717) is 0 Å². The molecule has 0 unspecified atom stereocenters. The Labute approximate surface area is 113 Å². The zero-order valence-corrected chi connectivity index (χ0v) is 11.3. The van der Waals surface area contributed by atoms with Crippen molar-refractivity contribution in [2.75, 3.05) is 0 Å². The molecular weight excluding hydrogens is 294 g/mol. The molecule has 0 radical (unpaired) electrons. The number of rotatable bonds is 2. The molecule has 0 amide bonds. The summed E-state index contributed by atoms with van der Waals surface area (Å²) in [6.45, 7) is 1.98. The Morgan fingerprint density at radius 3 is 2.83 bits per heavy atom. The van der Waals surface area contributed by atoms with Crippen LogP contribution in [0.1, 0.15) is 5.56 Å². The van der Waals surface area contributed by atoms with Crippen molar-refractivity contribution in [2.24, 2.45) is 0 Å². The lowest BCUT2D eigenvalue weighted by Crippen LogP contribution is -1.87. The molecule has 0 aliphatic rings. The number of ether oxygens (including phenoxy) is 1. The summed E-state index contributed by atoms with van der Waals surface area (Å²) in [6, 6.07) is 13.4. The standard InChI is InChI=1S/C14H10BrNO2/c1-9-6-7-10(15)8-13(9)18-14-16-11-4-2-3-5-12(11)17-14/h2-8H,1H3.